The maximum Gasteiger partial charge on any atom is 0.340 e. The van der Waals surface area contributed by atoms with Crippen LogP contribution in [0.2, 0.25) is 0 Å². The number of fused-ring (bicyclic) bond motifs is 1. The van der Waals surface area contributed by atoms with Gasteiger partial charge >= 0.3 is 5.97 Å². The van der Waals surface area contributed by atoms with Crippen LogP contribution < -0.4 is 5.73 Å². The highest BCUT2D eigenvalue weighted by Gasteiger charge is 2.18. The third kappa shape index (κ3) is 3.96. The maximum absolute atomic E-state index is 12.6. The van der Waals surface area contributed by atoms with E-state index in [2.05, 4.69) is 30.3 Å². The normalized spacial score (nSPS) is 10.8. The third-order valence-corrected chi connectivity index (χ3v) is 5.04. The molecule has 0 bridgehead atoms. The quantitative estimate of drug-likeness (QED) is 0.278. The molecule has 0 aliphatic rings. The van der Waals surface area contributed by atoms with Crippen LogP contribution in [0.25, 0.3) is 21.9 Å². The van der Waals surface area contributed by atoms with Crippen molar-refractivity contribution in [3.8, 4) is 11.1 Å². The predicted octanol–water partition coefficient (Wildman–Crippen LogP) is 4.82. The van der Waals surface area contributed by atoms with Crippen molar-refractivity contribution in [2.45, 2.75) is 13.5 Å². The van der Waals surface area contributed by atoms with E-state index in [1.54, 1.807) is 13.0 Å². The van der Waals surface area contributed by atoms with Crippen molar-refractivity contribution >= 4 is 22.6 Å². The van der Waals surface area contributed by atoms with Crippen LogP contribution in [0.3, 0.4) is 0 Å². The Labute approximate surface area is 175 Å². The molecule has 3 N–H and O–H groups in total. The van der Waals surface area contributed by atoms with Crippen molar-refractivity contribution in [3.05, 3.63) is 95.8 Å². The van der Waals surface area contributed by atoms with Crippen LogP contribution in [0.15, 0.2) is 79.1 Å². The van der Waals surface area contributed by atoms with Gasteiger partial charge in [-0.2, -0.15) is 0 Å². The molecule has 0 spiro atoms. The van der Waals surface area contributed by atoms with Gasteiger partial charge in [0.15, 0.2) is 0 Å². The number of nitrogens with two attached hydrogens (primary N) is 1. The van der Waals surface area contributed by atoms with E-state index < -0.39 is 0 Å². The van der Waals surface area contributed by atoms with Crippen molar-refractivity contribution < 1.29 is 9.53 Å². The topological polar surface area (TPSA) is 81.1 Å². The van der Waals surface area contributed by atoms with E-state index in [-0.39, 0.29) is 11.8 Å². The van der Waals surface area contributed by atoms with E-state index in [9.17, 15) is 4.79 Å². The first-order valence-corrected chi connectivity index (χ1v) is 9.84. The second-order valence-corrected chi connectivity index (χ2v) is 7.15. The van der Waals surface area contributed by atoms with E-state index in [1.807, 2.05) is 47.3 Å². The van der Waals surface area contributed by atoms with Gasteiger partial charge in [0.25, 0.3) is 0 Å². The molecular formula is C25H23N3O2. The standard InChI is InChI=1S/C25H23N3O2/c1-2-30-25(29)23-16-28(14-17-10-11-18-6-3-4-7-19(18)12-17)15-22(23)20-8-5-9-21(13-20)24(26)27/h3-13,15-16H,2,14H2,1H3,(H3,26,27). The molecule has 0 amide bonds. The number of amidine groups is 1. The van der Waals surface area contributed by atoms with Crippen molar-refractivity contribution in [2.75, 3.05) is 6.61 Å². The summed E-state index contributed by atoms with van der Waals surface area (Å²) >= 11 is 0. The number of hydrogen-bond donors (Lipinski definition) is 2. The Morgan fingerprint density at radius 2 is 1.80 bits per heavy atom. The van der Waals surface area contributed by atoms with E-state index in [4.69, 9.17) is 15.9 Å². The lowest BCUT2D eigenvalue weighted by Gasteiger charge is -2.06. The zero-order chi connectivity index (χ0) is 21.1. The minimum absolute atomic E-state index is 0.00914. The minimum Gasteiger partial charge on any atom is -0.462 e. The molecular weight excluding hydrogens is 374 g/mol. The fourth-order valence-corrected chi connectivity index (χ4v) is 3.60. The lowest BCUT2D eigenvalue weighted by atomic mass is 10.0. The molecule has 0 saturated carbocycles. The molecule has 30 heavy (non-hydrogen) atoms. The molecule has 0 aliphatic carbocycles. The number of benzene rings is 3. The van der Waals surface area contributed by atoms with Crippen LogP contribution in [0.5, 0.6) is 0 Å². The Morgan fingerprint density at radius 1 is 1.00 bits per heavy atom. The van der Waals surface area contributed by atoms with Crippen molar-refractivity contribution in [1.29, 1.82) is 5.41 Å². The highest BCUT2D eigenvalue weighted by atomic mass is 16.5. The van der Waals surface area contributed by atoms with Gasteiger partial charge in [-0.15, -0.1) is 0 Å². The molecule has 1 heterocycles. The fraction of sp³-hybridized carbons (Fsp3) is 0.120. The molecule has 4 aromatic rings. The Hall–Kier alpha value is -3.86. The van der Waals surface area contributed by atoms with Crippen molar-refractivity contribution in [1.82, 2.24) is 4.57 Å². The summed E-state index contributed by atoms with van der Waals surface area (Å²) in [5, 5.41) is 10.1. The van der Waals surface area contributed by atoms with Crippen LogP contribution in [-0.2, 0) is 11.3 Å². The van der Waals surface area contributed by atoms with Crippen molar-refractivity contribution in [2.24, 2.45) is 5.73 Å². The minimum atomic E-state index is -0.363. The number of nitrogens with zero attached hydrogens (tertiary/aromatic N) is 1. The smallest absolute Gasteiger partial charge is 0.340 e. The highest BCUT2D eigenvalue weighted by Crippen LogP contribution is 2.27. The van der Waals surface area contributed by atoms with E-state index in [0.717, 1.165) is 16.7 Å². The van der Waals surface area contributed by atoms with E-state index in [0.29, 0.717) is 24.3 Å². The number of ether oxygens (including phenoxy) is 1. The third-order valence-electron chi connectivity index (χ3n) is 5.04. The summed E-state index contributed by atoms with van der Waals surface area (Å²) in [6.45, 7) is 2.73. The number of carbonyl (C=O) groups excluding carboxylic acids is 1. The van der Waals surface area contributed by atoms with Gasteiger partial charge in [-0.3, -0.25) is 5.41 Å². The zero-order valence-corrected chi connectivity index (χ0v) is 16.8. The first kappa shape index (κ1) is 19.5. The van der Waals surface area contributed by atoms with Crippen LogP contribution in [0.4, 0.5) is 0 Å². The zero-order valence-electron chi connectivity index (χ0n) is 16.8. The lowest BCUT2D eigenvalue weighted by Crippen LogP contribution is -2.10. The fourth-order valence-electron chi connectivity index (χ4n) is 3.60. The number of nitrogen functional groups attached to an aromatic ring is 1. The van der Waals surface area contributed by atoms with Gasteiger partial charge in [-0.1, -0.05) is 54.6 Å². The summed E-state index contributed by atoms with van der Waals surface area (Å²) in [6.07, 6.45) is 3.77. The molecule has 3 aromatic carbocycles. The van der Waals surface area contributed by atoms with Gasteiger partial charge in [0.05, 0.1) is 12.2 Å². The maximum atomic E-state index is 12.6. The predicted molar refractivity (Wildman–Crippen MR) is 120 cm³/mol. The molecule has 5 nitrogen and oxygen atoms in total. The second-order valence-electron chi connectivity index (χ2n) is 7.15. The average molecular weight is 397 g/mol. The highest BCUT2D eigenvalue weighted by molar-refractivity contribution is 5.99. The summed E-state index contributed by atoms with van der Waals surface area (Å²) in [5.74, 6) is -0.372. The number of rotatable bonds is 6. The van der Waals surface area contributed by atoms with Gasteiger partial charge in [-0.05, 0) is 41.0 Å². The number of carbonyl (C=O) groups is 1. The van der Waals surface area contributed by atoms with Gasteiger partial charge in [0.1, 0.15) is 5.84 Å². The SMILES string of the molecule is CCOC(=O)c1cn(Cc2ccc3ccccc3c2)cc1-c1cccc(C(=N)N)c1. The largest absolute Gasteiger partial charge is 0.462 e. The summed E-state index contributed by atoms with van der Waals surface area (Å²) in [4.78, 5) is 12.6. The molecule has 0 saturated heterocycles. The Kier molecular flexibility index (Phi) is 5.35. The van der Waals surface area contributed by atoms with Crippen LogP contribution in [-0.4, -0.2) is 23.0 Å². The molecule has 0 fully saturated rings. The van der Waals surface area contributed by atoms with Gasteiger partial charge in [0.2, 0.25) is 0 Å². The second kappa shape index (κ2) is 8.25. The summed E-state index contributed by atoms with van der Waals surface area (Å²) in [6, 6.07) is 22.0. The Bertz CT molecular complexity index is 1240. The number of aromatic nitrogens is 1. The Balaban J connectivity index is 1.73. The van der Waals surface area contributed by atoms with Gasteiger partial charge in [0, 0.05) is 30.1 Å². The van der Waals surface area contributed by atoms with Gasteiger partial charge < -0.3 is 15.0 Å². The number of esters is 1. The molecule has 150 valence electrons. The molecule has 0 atom stereocenters. The Morgan fingerprint density at radius 3 is 2.57 bits per heavy atom. The molecule has 0 aliphatic heterocycles. The first-order valence-electron chi connectivity index (χ1n) is 9.84. The van der Waals surface area contributed by atoms with Crippen molar-refractivity contribution in [3.63, 3.8) is 0 Å². The van der Waals surface area contributed by atoms with Crippen LogP contribution in [0, 0.1) is 5.41 Å². The molecule has 0 radical (unpaired) electrons. The average Bonchev–Trinajstić information content (AvgIpc) is 3.18. The molecule has 1 aromatic heterocycles. The summed E-state index contributed by atoms with van der Waals surface area (Å²) in [5.41, 5.74) is 9.48. The monoisotopic (exact) mass is 397 g/mol. The van der Waals surface area contributed by atoms with Crippen LogP contribution in [0.1, 0.15) is 28.4 Å². The number of hydrogen-bond acceptors (Lipinski definition) is 3. The molecule has 5 heteroatoms. The molecule has 0 unspecified atom stereocenters. The van der Waals surface area contributed by atoms with Crippen LogP contribution >= 0.6 is 0 Å². The van der Waals surface area contributed by atoms with E-state index in [1.165, 1.54) is 10.8 Å². The summed E-state index contributed by atoms with van der Waals surface area (Å²) in [7, 11) is 0. The summed E-state index contributed by atoms with van der Waals surface area (Å²) < 4.78 is 7.26. The number of nitrogens with one attached hydrogen (secondary N) is 1. The van der Waals surface area contributed by atoms with E-state index >= 15 is 0 Å². The molecule has 4 rings (SSSR count). The lowest BCUT2D eigenvalue weighted by molar-refractivity contribution is 0.0527. The van der Waals surface area contributed by atoms with Gasteiger partial charge in [-0.25, -0.2) is 4.79 Å². The first-order chi connectivity index (χ1) is 14.5.